The first-order chi connectivity index (χ1) is 4.83. The molecule has 0 radical (unpaired) electrons. The fraction of sp³-hybridized carbons (Fsp3) is 0.286. The van der Waals surface area contributed by atoms with E-state index >= 15 is 0 Å². The highest BCUT2D eigenvalue weighted by Crippen LogP contribution is 2.18. The molecule has 0 saturated carbocycles. The van der Waals surface area contributed by atoms with Gasteiger partial charge in [-0.25, -0.2) is 4.98 Å². The molecule has 0 atom stereocenters. The van der Waals surface area contributed by atoms with Crippen molar-refractivity contribution in [2.45, 2.75) is 11.9 Å². The monoisotopic (exact) mass is 217 g/mol. The third-order valence-corrected chi connectivity index (χ3v) is 2.29. The molecule has 0 N–H and O–H groups in total. The number of thioether (sulfide) groups is 1. The molecule has 0 aliphatic carbocycles. The molecule has 1 nitrogen and oxygen atoms in total. The van der Waals surface area contributed by atoms with Crippen LogP contribution in [-0.4, -0.2) is 10.7 Å². The van der Waals surface area contributed by atoms with E-state index in [1.807, 2.05) is 18.3 Å². The second kappa shape index (κ2) is 3.98. The number of rotatable bonds is 2. The number of hydrogen-bond acceptors (Lipinski definition) is 2. The first-order valence-electron chi connectivity index (χ1n) is 3.07. The van der Waals surface area contributed by atoms with Crippen LogP contribution < -0.4 is 0 Å². The number of aromatic nitrogens is 1. The number of pyridine rings is 1. The number of halogens is 1. The van der Waals surface area contributed by atoms with Gasteiger partial charge in [0.15, 0.2) is 0 Å². The summed E-state index contributed by atoms with van der Waals surface area (Å²) in [4.78, 5) is 4.16. The molecule has 0 amide bonds. The Morgan fingerprint density at radius 3 is 3.10 bits per heavy atom. The SMILES string of the molecule is CCSc1cc(Br)ccn1. The van der Waals surface area contributed by atoms with Crippen LogP contribution in [0.3, 0.4) is 0 Å². The lowest BCUT2D eigenvalue weighted by atomic mass is 10.5. The molecule has 1 aromatic rings. The summed E-state index contributed by atoms with van der Waals surface area (Å²) in [6.07, 6.45) is 1.81. The summed E-state index contributed by atoms with van der Waals surface area (Å²) < 4.78 is 1.10. The van der Waals surface area contributed by atoms with Crippen LogP contribution in [0.4, 0.5) is 0 Å². The van der Waals surface area contributed by atoms with E-state index in [2.05, 4.69) is 27.8 Å². The third-order valence-electron chi connectivity index (χ3n) is 0.989. The van der Waals surface area contributed by atoms with Gasteiger partial charge in [0.25, 0.3) is 0 Å². The van der Waals surface area contributed by atoms with Crippen LogP contribution in [0.1, 0.15) is 6.92 Å². The molecular weight excluding hydrogens is 210 g/mol. The van der Waals surface area contributed by atoms with E-state index in [9.17, 15) is 0 Å². The van der Waals surface area contributed by atoms with Crippen molar-refractivity contribution < 1.29 is 0 Å². The fourth-order valence-electron chi connectivity index (χ4n) is 0.612. The molecule has 3 heteroatoms. The van der Waals surface area contributed by atoms with Crippen LogP contribution in [-0.2, 0) is 0 Å². The lowest BCUT2D eigenvalue weighted by molar-refractivity contribution is 1.12. The van der Waals surface area contributed by atoms with Crippen molar-refractivity contribution in [1.29, 1.82) is 0 Å². The van der Waals surface area contributed by atoms with E-state index < -0.39 is 0 Å². The van der Waals surface area contributed by atoms with Gasteiger partial charge in [-0.1, -0.05) is 22.9 Å². The molecule has 0 aliphatic rings. The lowest BCUT2D eigenvalue weighted by Gasteiger charge is -1.95. The third kappa shape index (κ3) is 2.31. The second-order valence-corrected chi connectivity index (χ2v) is 3.95. The zero-order chi connectivity index (χ0) is 7.40. The Balaban J connectivity index is 2.75. The highest BCUT2D eigenvalue weighted by molar-refractivity contribution is 9.10. The number of hydrogen-bond donors (Lipinski definition) is 0. The van der Waals surface area contributed by atoms with E-state index in [1.165, 1.54) is 0 Å². The Morgan fingerprint density at radius 2 is 2.50 bits per heavy atom. The van der Waals surface area contributed by atoms with Crippen molar-refractivity contribution in [3.63, 3.8) is 0 Å². The van der Waals surface area contributed by atoms with Gasteiger partial charge in [0.05, 0.1) is 5.03 Å². The predicted octanol–water partition coefficient (Wildman–Crippen LogP) is 2.96. The van der Waals surface area contributed by atoms with Gasteiger partial charge in [0.2, 0.25) is 0 Å². The van der Waals surface area contributed by atoms with E-state index in [0.717, 1.165) is 15.3 Å². The average Bonchev–Trinajstić information content (AvgIpc) is 1.88. The minimum Gasteiger partial charge on any atom is -0.250 e. The topological polar surface area (TPSA) is 12.9 Å². The van der Waals surface area contributed by atoms with Crippen molar-refractivity contribution in [2.75, 3.05) is 5.75 Å². The van der Waals surface area contributed by atoms with Crippen molar-refractivity contribution in [3.05, 3.63) is 22.8 Å². The van der Waals surface area contributed by atoms with Gasteiger partial charge in [-0.15, -0.1) is 11.8 Å². The maximum absolute atomic E-state index is 4.16. The molecule has 0 spiro atoms. The van der Waals surface area contributed by atoms with Gasteiger partial charge in [-0.3, -0.25) is 0 Å². The van der Waals surface area contributed by atoms with Gasteiger partial charge >= 0.3 is 0 Å². The summed E-state index contributed by atoms with van der Waals surface area (Å²) in [7, 11) is 0. The summed E-state index contributed by atoms with van der Waals surface area (Å²) in [6.45, 7) is 2.12. The average molecular weight is 218 g/mol. The highest BCUT2D eigenvalue weighted by atomic mass is 79.9. The van der Waals surface area contributed by atoms with Crippen LogP contribution >= 0.6 is 27.7 Å². The van der Waals surface area contributed by atoms with Crippen LogP contribution in [0.25, 0.3) is 0 Å². The molecular formula is C7H8BrNS. The van der Waals surface area contributed by atoms with Crippen molar-refractivity contribution in [1.82, 2.24) is 4.98 Å². The summed E-state index contributed by atoms with van der Waals surface area (Å²) in [6, 6.07) is 3.95. The van der Waals surface area contributed by atoms with Gasteiger partial charge in [0.1, 0.15) is 0 Å². The fourth-order valence-corrected chi connectivity index (χ4v) is 1.74. The molecule has 10 heavy (non-hydrogen) atoms. The van der Waals surface area contributed by atoms with Crippen LogP contribution in [0, 0.1) is 0 Å². The summed E-state index contributed by atoms with van der Waals surface area (Å²) in [5.41, 5.74) is 0. The first kappa shape index (κ1) is 8.08. The molecule has 0 saturated heterocycles. The minimum atomic E-state index is 1.07. The minimum absolute atomic E-state index is 1.07. The standard InChI is InChI=1S/C7H8BrNS/c1-2-10-7-5-6(8)3-4-9-7/h3-5H,2H2,1H3. The quantitative estimate of drug-likeness (QED) is 0.708. The molecule has 1 rings (SSSR count). The Kier molecular flexibility index (Phi) is 3.22. The molecule has 54 valence electrons. The van der Waals surface area contributed by atoms with E-state index in [-0.39, 0.29) is 0 Å². The largest absolute Gasteiger partial charge is 0.250 e. The van der Waals surface area contributed by atoms with E-state index in [4.69, 9.17) is 0 Å². The number of nitrogens with zero attached hydrogens (tertiary/aromatic N) is 1. The van der Waals surface area contributed by atoms with Crippen molar-refractivity contribution in [3.8, 4) is 0 Å². The summed E-state index contributed by atoms with van der Waals surface area (Å²) in [5.74, 6) is 1.07. The maximum Gasteiger partial charge on any atom is 0.0970 e. The van der Waals surface area contributed by atoms with Crippen LogP contribution in [0.5, 0.6) is 0 Å². The molecule has 1 heterocycles. The zero-order valence-electron chi connectivity index (χ0n) is 5.67. The van der Waals surface area contributed by atoms with Gasteiger partial charge in [-0.2, -0.15) is 0 Å². The molecule has 0 fully saturated rings. The van der Waals surface area contributed by atoms with Crippen molar-refractivity contribution >= 4 is 27.7 Å². The summed E-state index contributed by atoms with van der Waals surface area (Å²) >= 11 is 5.13. The molecule has 0 unspecified atom stereocenters. The first-order valence-corrected chi connectivity index (χ1v) is 4.85. The van der Waals surface area contributed by atoms with E-state index in [1.54, 1.807) is 11.8 Å². The molecule has 0 aromatic carbocycles. The Bertz CT molecular complexity index is 215. The second-order valence-electron chi connectivity index (χ2n) is 1.75. The van der Waals surface area contributed by atoms with Crippen LogP contribution in [0.15, 0.2) is 27.8 Å². The zero-order valence-corrected chi connectivity index (χ0v) is 8.08. The van der Waals surface area contributed by atoms with Gasteiger partial charge in [0, 0.05) is 10.7 Å². The smallest absolute Gasteiger partial charge is 0.0970 e. The summed E-state index contributed by atoms with van der Waals surface area (Å²) in [5, 5.41) is 1.08. The Hall–Kier alpha value is -0.0200. The molecule has 1 aromatic heterocycles. The van der Waals surface area contributed by atoms with Crippen LogP contribution in [0.2, 0.25) is 0 Å². The normalized spacial score (nSPS) is 9.80. The Morgan fingerprint density at radius 1 is 1.70 bits per heavy atom. The lowest BCUT2D eigenvalue weighted by Crippen LogP contribution is -1.77. The Labute approximate surface area is 73.4 Å². The predicted molar refractivity (Wildman–Crippen MR) is 48.3 cm³/mol. The van der Waals surface area contributed by atoms with Crippen molar-refractivity contribution in [2.24, 2.45) is 0 Å². The molecule has 0 aliphatic heterocycles. The van der Waals surface area contributed by atoms with Gasteiger partial charge < -0.3 is 0 Å². The maximum atomic E-state index is 4.16. The highest BCUT2D eigenvalue weighted by Gasteiger charge is 1.92. The molecule has 0 bridgehead atoms. The van der Waals surface area contributed by atoms with E-state index in [0.29, 0.717) is 0 Å². The van der Waals surface area contributed by atoms with Gasteiger partial charge in [-0.05, 0) is 17.9 Å².